The Bertz CT molecular complexity index is 1280. The highest BCUT2D eigenvalue weighted by Gasteiger charge is 2.32. The summed E-state index contributed by atoms with van der Waals surface area (Å²) in [6.07, 6.45) is 1.37. The Hall–Kier alpha value is -3.39. The van der Waals surface area contributed by atoms with Gasteiger partial charge in [0.2, 0.25) is 0 Å². The van der Waals surface area contributed by atoms with Gasteiger partial charge in [0.1, 0.15) is 5.75 Å². The van der Waals surface area contributed by atoms with E-state index in [0.717, 1.165) is 36.8 Å². The maximum atomic E-state index is 12.4. The molecular weight excluding hydrogens is 542 g/mol. The first kappa shape index (κ1) is 30.6. The van der Waals surface area contributed by atoms with Gasteiger partial charge in [-0.2, -0.15) is 0 Å². The second kappa shape index (κ2) is 15.0. The highest BCUT2D eigenvalue weighted by Crippen LogP contribution is 2.30. The van der Waals surface area contributed by atoms with Crippen LogP contribution in [-0.2, 0) is 38.4 Å². The Morgan fingerprint density at radius 3 is 2.37 bits per heavy atom. The number of halogens is 1. The van der Waals surface area contributed by atoms with E-state index in [1.807, 2.05) is 48.5 Å². The van der Waals surface area contributed by atoms with Crippen molar-refractivity contribution in [3.8, 4) is 5.75 Å². The number of aliphatic hydroxyl groups excluding tert-OH is 1. The molecule has 0 saturated heterocycles. The molecular formula is C33H38ClNO6. The predicted octanol–water partition coefficient (Wildman–Crippen LogP) is 5.70. The summed E-state index contributed by atoms with van der Waals surface area (Å²) in [5, 5.41) is 11.8. The van der Waals surface area contributed by atoms with Crippen molar-refractivity contribution in [2.45, 2.75) is 64.3 Å². The molecule has 4 rings (SSSR count). The van der Waals surface area contributed by atoms with Crippen molar-refractivity contribution in [3.05, 3.63) is 100 Å². The summed E-state index contributed by atoms with van der Waals surface area (Å²) in [5.41, 5.74) is 4.28. The minimum atomic E-state index is -1.47. The first-order valence-electron chi connectivity index (χ1n) is 14.2. The van der Waals surface area contributed by atoms with E-state index in [4.69, 9.17) is 25.8 Å². The molecule has 3 aromatic carbocycles. The predicted molar refractivity (Wildman–Crippen MR) is 158 cm³/mol. The van der Waals surface area contributed by atoms with Gasteiger partial charge in [-0.1, -0.05) is 60.1 Å². The summed E-state index contributed by atoms with van der Waals surface area (Å²) in [5.74, 6) is -1.11. The molecule has 3 aromatic rings. The molecule has 0 unspecified atom stereocenters. The Kier molecular flexibility index (Phi) is 11.2. The number of nitrogens with zero attached hydrogens (tertiary/aromatic N) is 1. The molecule has 1 N–H and O–H groups in total. The van der Waals surface area contributed by atoms with Gasteiger partial charge in [0, 0.05) is 24.2 Å². The molecule has 8 heteroatoms. The summed E-state index contributed by atoms with van der Waals surface area (Å²) in [6, 6.07) is 23.6. The molecule has 0 aliphatic heterocycles. The highest BCUT2D eigenvalue weighted by atomic mass is 35.5. The van der Waals surface area contributed by atoms with E-state index in [9.17, 15) is 14.7 Å². The zero-order chi connectivity index (χ0) is 29.2. The smallest absolute Gasteiger partial charge is 0.359 e. The van der Waals surface area contributed by atoms with Crippen molar-refractivity contribution >= 4 is 23.5 Å². The van der Waals surface area contributed by atoms with Crippen LogP contribution in [0.25, 0.3) is 0 Å². The number of hydrogen-bond acceptors (Lipinski definition) is 7. The molecule has 1 aliphatic rings. The van der Waals surface area contributed by atoms with Crippen LogP contribution in [0.5, 0.6) is 5.75 Å². The third-order valence-corrected chi connectivity index (χ3v) is 7.49. The lowest BCUT2D eigenvalue weighted by Crippen LogP contribution is -2.39. The number of ether oxygens (including phenoxy) is 3. The lowest BCUT2D eigenvalue weighted by molar-refractivity contribution is -0.166. The second-order valence-electron chi connectivity index (χ2n) is 10.2. The van der Waals surface area contributed by atoms with Gasteiger partial charge in [-0.25, -0.2) is 9.59 Å². The first-order valence-corrected chi connectivity index (χ1v) is 14.6. The van der Waals surface area contributed by atoms with Gasteiger partial charge < -0.3 is 19.3 Å². The number of carbonyl (C=O) groups is 2. The lowest BCUT2D eigenvalue weighted by atomic mass is 9.99. The Morgan fingerprint density at radius 1 is 0.951 bits per heavy atom. The van der Waals surface area contributed by atoms with Crippen LogP contribution in [0.3, 0.4) is 0 Å². The van der Waals surface area contributed by atoms with E-state index in [2.05, 4.69) is 17.0 Å². The number of aliphatic hydroxyl groups is 1. The van der Waals surface area contributed by atoms with Gasteiger partial charge in [0.15, 0.2) is 0 Å². The molecule has 0 amide bonds. The van der Waals surface area contributed by atoms with Gasteiger partial charge in [-0.15, -0.1) is 0 Å². The number of aryl methyl sites for hydroxylation is 1. The van der Waals surface area contributed by atoms with Crippen LogP contribution in [0.2, 0.25) is 5.02 Å². The molecule has 41 heavy (non-hydrogen) atoms. The fraction of sp³-hybridized carbons (Fsp3) is 0.394. The van der Waals surface area contributed by atoms with Crippen molar-refractivity contribution in [3.63, 3.8) is 0 Å². The van der Waals surface area contributed by atoms with Crippen molar-refractivity contribution < 1.29 is 28.9 Å². The molecule has 7 nitrogen and oxygen atoms in total. The average molecular weight is 580 g/mol. The minimum absolute atomic E-state index is 0.134. The van der Waals surface area contributed by atoms with Crippen molar-refractivity contribution in [2.24, 2.45) is 0 Å². The van der Waals surface area contributed by atoms with Crippen LogP contribution in [0.15, 0.2) is 72.8 Å². The van der Waals surface area contributed by atoms with Crippen molar-refractivity contribution in [1.82, 2.24) is 4.90 Å². The van der Waals surface area contributed by atoms with Gasteiger partial charge >= 0.3 is 11.9 Å². The van der Waals surface area contributed by atoms with E-state index >= 15 is 0 Å². The molecule has 0 heterocycles. The molecule has 0 fully saturated rings. The number of hydrogen-bond donors (Lipinski definition) is 1. The molecule has 218 valence electrons. The maximum absolute atomic E-state index is 12.4. The normalized spacial score (nSPS) is 15.6. The van der Waals surface area contributed by atoms with Crippen molar-refractivity contribution in [1.29, 1.82) is 0 Å². The quantitative estimate of drug-likeness (QED) is 0.167. The second-order valence-corrected chi connectivity index (χ2v) is 10.6. The summed E-state index contributed by atoms with van der Waals surface area (Å²) < 4.78 is 15.9. The lowest BCUT2D eigenvalue weighted by Gasteiger charge is -2.33. The van der Waals surface area contributed by atoms with Crippen LogP contribution >= 0.6 is 11.6 Å². The van der Waals surface area contributed by atoms with Gasteiger partial charge in [0.05, 0.1) is 19.3 Å². The monoisotopic (exact) mass is 579 g/mol. The van der Waals surface area contributed by atoms with E-state index in [0.29, 0.717) is 23.9 Å². The third kappa shape index (κ3) is 8.55. The molecule has 0 saturated carbocycles. The van der Waals surface area contributed by atoms with Gasteiger partial charge in [0.25, 0.3) is 6.10 Å². The molecule has 0 aromatic heterocycles. The molecule has 0 radical (unpaired) electrons. The van der Waals surface area contributed by atoms with E-state index in [1.165, 1.54) is 11.1 Å². The minimum Gasteiger partial charge on any atom is -0.467 e. The SMILES string of the molecule is CCOC(=O)C(Oc1ccc2c(c1)CCC[C@H](N(Cc1ccccc1)C[C@H](O)c1cccc(Cl)c1)C2)C(=O)OCC. The van der Waals surface area contributed by atoms with E-state index in [-0.39, 0.29) is 19.3 Å². The number of rotatable bonds is 12. The highest BCUT2D eigenvalue weighted by molar-refractivity contribution is 6.30. The molecule has 1 aliphatic carbocycles. The standard InChI is InChI=1S/C33H38ClNO6/c1-3-39-32(37)31(33(38)40-4-2)41-29-17-16-25-19-28(15-9-12-24(25)20-29)35(21-23-10-6-5-7-11-23)22-30(36)26-13-8-14-27(34)18-26/h5-8,10-11,13-14,16-18,20,28,30-31,36H,3-4,9,12,15,19,21-22H2,1-2H3/t28-,30-/m0/s1. The number of carbonyl (C=O) groups excluding carboxylic acids is 2. The van der Waals surface area contributed by atoms with Crippen LogP contribution in [0.1, 0.15) is 55.0 Å². The van der Waals surface area contributed by atoms with E-state index < -0.39 is 24.1 Å². The summed E-state index contributed by atoms with van der Waals surface area (Å²) in [4.78, 5) is 27.2. The summed E-state index contributed by atoms with van der Waals surface area (Å²) >= 11 is 6.21. The Labute approximate surface area is 247 Å². The topological polar surface area (TPSA) is 85.3 Å². The maximum Gasteiger partial charge on any atom is 0.359 e. The number of fused-ring (bicyclic) bond motifs is 1. The van der Waals surface area contributed by atoms with Crippen LogP contribution < -0.4 is 4.74 Å². The zero-order valence-electron chi connectivity index (χ0n) is 23.6. The zero-order valence-corrected chi connectivity index (χ0v) is 24.4. The van der Waals surface area contributed by atoms with E-state index in [1.54, 1.807) is 26.0 Å². The summed E-state index contributed by atoms with van der Waals surface area (Å²) in [7, 11) is 0. The summed E-state index contributed by atoms with van der Waals surface area (Å²) in [6.45, 7) is 4.80. The van der Waals surface area contributed by atoms with Gasteiger partial charge in [-0.05, 0) is 86.1 Å². The van der Waals surface area contributed by atoms with Crippen LogP contribution in [0, 0.1) is 0 Å². The number of esters is 2. The molecule has 0 spiro atoms. The molecule has 2 atom stereocenters. The molecule has 0 bridgehead atoms. The van der Waals surface area contributed by atoms with Crippen LogP contribution in [0.4, 0.5) is 0 Å². The Morgan fingerprint density at radius 2 is 1.68 bits per heavy atom. The third-order valence-electron chi connectivity index (χ3n) is 7.26. The largest absolute Gasteiger partial charge is 0.467 e. The van der Waals surface area contributed by atoms with Crippen LogP contribution in [-0.4, -0.2) is 53.8 Å². The number of benzene rings is 3. The van der Waals surface area contributed by atoms with Crippen molar-refractivity contribution in [2.75, 3.05) is 19.8 Å². The van der Waals surface area contributed by atoms with Gasteiger partial charge in [-0.3, -0.25) is 4.90 Å². The average Bonchev–Trinajstić information content (AvgIpc) is 3.18. The Balaban J connectivity index is 1.54. The first-order chi connectivity index (χ1) is 19.9. The fourth-order valence-electron chi connectivity index (χ4n) is 5.27. The fourth-order valence-corrected chi connectivity index (χ4v) is 5.47.